The van der Waals surface area contributed by atoms with E-state index in [4.69, 9.17) is 0 Å². The molecule has 0 radical (unpaired) electrons. The second-order valence-corrected chi connectivity index (χ2v) is 8.02. The van der Waals surface area contributed by atoms with Gasteiger partial charge in [0.25, 0.3) is 5.91 Å². The number of aromatic nitrogens is 2. The van der Waals surface area contributed by atoms with Gasteiger partial charge in [-0.15, -0.1) is 23.7 Å². The molecule has 3 N–H and O–H groups in total. The number of hydrogen-bond acceptors (Lipinski definition) is 5. The number of nitrogens with one attached hydrogen (secondary N) is 3. The third-order valence-corrected chi connectivity index (χ3v) is 6.00. The number of thiophene rings is 1. The van der Waals surface area contributed by atoms with Gasteiger partial charge >= 0.3 is 0 Å². The van der Waals surface area contributed by atoms with Gasteiger partial charge in [-0.1, -0.05) is 6.07 Å². The van der Waals surface area contributed by atoms with E-state index in [0.717, 1.165) is 56.9 Å². The van der Waals surface area contributed by atoms with E-state index in [1.54, 1.807) is 0 Å². The maximum Gasteiger partial charge on any atom is 0.272 e. The Balaban J connectivity index is 0.00000196. The average molecular weight is 396 g/mol. The second-order valence-electron chi connectivity index (χ2n) is 6.99. The minimum atomic E-state index is -0.0448. The van der Waals surface area contributed by atoms with Crippen LogP contribution in [0.25, 0.3) is 0 Å². The van der Waals surface area contributed by atoms with Crippen molar-refractivity contribution >= 4 is 29.7 Å². The number of likely N-dealkylation sites (tertiary alicyclic amines) is 1. The summed E-state index contributed by atoms with van der Waals surface area (Å²) in [5.74, 6) is 0.474. The van der Waals surface area contributed by atoms with Crippen molar-refractivity contribution in [2.24, 2.45) is 5.92 Å². The monoisotopic (exact) mass is 395 g/mol. The minimum Gasteiger partial charge on any atom is -0.350 e. The highest BCUT2D eigenvalue weighted by Crippen LogP contribution is 2.20. The molecule has 0 aliphatic carbocycles. The highest BCUT2D eigenvalue weighted by molar-refractivity contribution is 7.09. The summed E-state index contributed by atoms with van der Waals surface area (Å²) in [6.07, 6.45) is 3.30. The van der Waals surface area contributed by atoms with Gasteiger partial charge in [0.1, 0.15) is 0 Å². The van der Waals surface area contributed by atoms with Gasteiger partial charge in [-0.2, -0.15) is 5.10 Å². The van der Waals surface area contributed by atoms with Gasteiger partial charge in [0.2, 0.25) is 0 Å². The van der Waals surface area contributed by atoms with Crippen LogP contribution in [0.4, 0.5) is 0 Å². The molecule has 0 aromatic carbocycles. The topological polar surface area (TPSA) is 73.0 Å². The largest absolute Gasteiger partial charge is 0.350 e. The maximum atomic E-state index is 12.5. The molecule has 2 aliphatic rings. The summed E-state index contributed by atoms with van der Waals surface area (Å²) in [4.78, 5) is 16.4. The molecule has 8 heteroatoms. The molecule has 4 rings (SSSR count). The maximum absolute atomic E-state index is 12.5. The summed E-state index contributed by atoms with van der Waals surface area (Å²) in [5.41, 5.74) is 2.70. The number of carbonyl (C=O) groups is 1. The van der Waals surface area contributed by atoms with E-state index in [1.807, 2.05) is 11.3 Å². The number of fused-ring (bicyclic) bond motifs is 1. The molecule has 26 heavy (non-hydrogen) atoms. The van der Waals surface area contributed by atoms with E-state index in [1.165, 1.54) is 17.7 Å². The standard InChI is InChI=1S/C18H25N5OS.ClH/c24-18(17-15-10-19-6-5-16(15)21-22-17)20-9-13-3-1-7-23(11-13)12-14-4-2-8-25-14;/h2,4,8,13,19H,1,3,5-7,9-12H2,(H,20,24)(H,21,22);1H. The molecule has 142 valence electrons. The fourth-order valence-electron chi connectivity index (χ4n) is 3.82. The van der Waals surface area contributed by atoms with Crippen molar-refractivity contribution in [3.63, 3.8) is 0 Å². The lowest BCUT2D eigenvalue weighted by molar-refractivity contribution is 0.0924. The lowest BCUT2D eigenvalue weighted by Gasteiger charge is -2.32. The first-order valence-corrected chi connectivity index (χ1v) is 9.97. The molecule has 0 spiro atoms. The van der Waals surface area contributed by atoms with Gasteiger partial charge in [-0.25, -0.2) is 0 Å². The smallest absolute Gasteiger partial charge is 0.272 e. The number of amides is 1. The number of hydrogen-bond donors (Lipinski definition) is 3. The third kappa shape index (κ3) is 4.46. The van der Waals surface area contributed by atoms with Crippen molar-refractivity contribution in [1.29, 1.82) is 0 Å². The van der Waals surface area contributed by atoms with Gasteiger partial charge in [-0.3, -0.25) is 14.8 Å². The van der Waals surface area contributed by atoms with E-state index in [2.05, 4.69) is 43.2 Å². The predicted octanol–water partition coefficient (Wildman–Crippen LogP) is 2.18. The van der Waals surface area contributed by atoms with Crippen molar-refractivity contribution in [1.82, 2.24) is 25.7 Å². The zero-order chi connectivity index (χ0) is 17.1. The number of piperidine rings is 1. The number of nitrogens with zero attached hydrogens (tertiary/aromatic N) is 2. The number of rotatable bonds is 5. The summed E-state index contributed by atoms with van der Waals surface area (Å²) in [6.45, 7) is 5.64. The van der Waals surface area contributed by atoms with Crippen LogP contribution in [-0.4, -0.2) is 47.2 Å². The predicted molar refractivity (Wildman–Crippen MR) is 106 cm³/mol. The Morgan fingerprint density at radius 2 is 2.38 bits per heavy atom. The Kier molecular flexibility index (Phi) is 6.69. The average Bonchev–Trinajstić information content (AvgIpc) is 3.29. The Labute approximate surface area is 164 Å². The second kappa shape index (κ2) is 8.99. The lowest BCUT2D eigenvalue weighted by Crippen LogP contribution is -2.40. The summed E-state index contributed by atoms with van der Waals surface area (Å²) in [5, 5.41) is 15.8. The van der Waals surface area contributed by atoms with E-state index in [0.29, 0.717) is 11.6 Å². The Morgan fingerprint density at radius 3 is 3.23 bits per heavy atom. The van der Waals surface area contributed by atoms with E-state index >= 15 is 0 Å². The van der Waals surface area contributed by atoms with Crippen molar-refractivity contribution in [3.8, 4) is 0 Å². The molecule has 1 fully saturated rings. The minimum absolute atomic E-state index is 0. The molecule has 0 bridgehead atoms. The molecule has 2 aliphatic heterocycles. The number of halogens is 1. The number of aromatic amines is 1. The van der Waals surface area contributed by atoms with Crippen LogP contribution in [0.5, 0.6) is 0 Å². The SMILES string of the molecule is Cl.O=C(NCC1CCCN(Cc2cccs2)C1)c1n[nH]c2c1CNCC2. The van der Waals surface area contributed by atoms with Crippen LogP contribution in [0.15, 0.2) is 17.5 Å². The van der Waals surface area contributed by atoms with Gasteiger partial charge < -0.3 is 10.6 Å². The first kappa shape index (κ1) is 19.4. The number of carbonyl (C=O) groups excluding carboxylic acids is 1. The summed E-state index contributed by atoms with van der Waals surface area (Å²) in [6, 6.07) is 4.31. The van der Waals surface area contributed by atoms with Crippen LogP contribution < -0.4 is 10.6 Å². The fourth-order valence-corrected chi connectivity index (χ4v) is 4.56. The Hall–Kier alpha value is -1.41. The zero-order valence-corrected chi connectivity index (χ0v) is 16.4. The summed E-state index contributed by atoms with van der Waals surface area (Å²) >= 11 is 1.82. The van der Waals surface area contributed by atoms with E-state index in [-0.39, 0.29) is 18.3 Å². The molecule has 1 saturated heterocycles. The Morgan fingerprint density at radius 1 is 1.46 bits per heavy atom. The van der Waals surface area contributed by atoms with Gasteiger partial charge in [0.05, 0.1) is 0 Å². The van der Waals surface area contributed by atoms with Crippen LogP contribution in [0.3, 0.4) is 0 Å². The van der Waals surface area contributed by atoms with Crippen molar-refractivity contribution in [2.75, 3.05) is 26.2 Å². The molecular weight excluding hydrogens is 370 g/mol. The zero-order valence-electron chi connectivity index (χ0n) is 14.8. The van der Waals surface area contributed by atoms with Gasteiger partial charge in [0, 0.05) is 55.3 Å². The third-order valence-electron chi connectivity index (χ3n) is 5.14. The molecule has 2 aromatic heterocycles. The number of H-pyrrole nitrogens is 1. The normalized spacial score (nSPS) is 20.2. The van der Waals surface area contributed by atoms with Crippen LogP contribution >= 0.6 is 23.7 Å². The summed E-state index contributed by atoms with van der Waals surface area (Å²) < 4.78 is 0. The van der Waals surface area contributed by atoms with Crippen molar-refractivity contribution < 1.29 is 4.79 Å². The molecule has 1 atom stereocenters. The lowest BCUT2D eigenvalue weighted by atomic mass is 9.97. The van der Waals surface area contributed by atoms with Gasteiger partial charge in [0.15, 0.2) is 5.69 Å². The molecule has 1 unspecified atom stereocenters. The molecular formula is C18H26ClN5OS. The first-order chi connectivity index (χ1) is 12.3. The van der Waals surface area contributed by atoms with E-state index in [9.17, 15) is 4.79 Å². The van der Waals surface area contributed by atoms with E-state index < -0.39 is 0 Å². The molecule has 2 aromatic rings. The first-order valence-electron chi connectivity index (χ1n) is 9.09. The highest BCUT2D eigenvalue weighted by atomic mass is 35.5. The van der Waals surface area contributed by atoms with Crippen molar-refractivity contribution in [3.05, 3.63) is 39.3 Å². The van der Waals surface area contributed by atoms with Crippen LogP contribution in [0, 0.1) is 5.92 Å². The Bertz CT molecular complexity index is 717. The fraction of sp³-hybridized carbons (Fsp3) is 0.556. The van der Waals surface area contributed by atoms with Crippen LogP contribution in [-0.2, 0) is 19.5 Å². The quantitative estimate of drug-likeness (QED) is 0.725. The molecule has 4 heterocycles. The summed E-state index contributed by atoms with van der Waals surface area (Å²) in [7, 11) is 0. The van der Waals surface area contributed by atoms with Crippen LogP contribution in [0.2, 0.25) is 0 Å². The molecule has 6 nitrogen and oxygen atoms in total. The van der Waals surface area contributed by atoms with Gasteiger partial charge in [-0.05, 0) is 36.8 Å². The van der Waals surface area contributed by atoms with Crippen LogP contribution in [0.1, 0.15) is 39.5 Å². The molecule has 1 amide bonds. The highest BCUT2D eigenvalue weighted by Gasteiger charge is 2.24. The molecule has 0 saturated carbocycles. The van der Waals surface area contributed by atoms with Crippen molar-refractivity contribution in [2.45, 2.75) is 32.4 Å².